The molecular formula is C14H17BrClN3. The Morgan fingerprint density at radius 1 is 1.37 bits per heavy atom. The Bertz CT molecular complexity index is 593. The van der Waals surface area contributed by atoms with Gasteiger partial charge in [0.2, 0.25) is 0 Å². The minimum absolute atomic E-state index is 0.662. The van der Waals surface area contributed by atoms with Crippen LogP contribution in [0.1, 0.15) is 23.9 Å². The topological polar surface area (TPSA) is 29.9 Å². The van der Waals surface area contributed by atoms with Gasteiger partial charge >= 0.3 is 0 Å². The lowest BCUT2D eigenvalue weighted by molar-refractivity contribution is 0.623. The van der Waals surface area contributed by atoms with E-state index in [1.54, 1.807) is 0 Å². The molecule has 1 aromatic heterocycles. The number of hydrogen-bond donors (Lipinski definition) is 1. The van der Waals surface area contributed by atoms with Crippen LogP contribution in [0.4, 0.5) is 5.69 Å². The second kappa shape index (κ2) is 5.97. The summed E-state index contributed by atoms with van der Waals surface area (Å²) < 4.78 is 3.03. The summed E-state index contributed by atoms with van der Waals surface area (Å²) in [5, 5.41) is 8.57. The molecule has 3 nitrogen and oxygen atoms in total. The molecule has 0 aliphatic carbocycles. The lowest BCUT2D eigenvalue weighted by atomic mass is 10.2. The Labute approximate surface area is 127 Å². The fraction of sp³-hybridized carbons (Fsp3) is 0.357. The zero-order valence-electron chi connectivity index (χ0n) is 11.3. The number of halogens is 2. The van der Waals surface area contributed by atoms with E-state index in [0.29, 0.717) is 6.54 Å². The van der Waals surface area contributed by atoms with Gasteiger partial charge in [-0.25, -0.2) is 0 Å². The summed E-state index contributed by atoms with van der Waals surface area (Å²) in [7, 11) is 0. The van der Waals surface area contributed by atoms with Gasteiger partial charge in [0.15, 0.2) is 0 Å². The fourth-order valence-corrected chi connectivity index (χ4v) is 2.61. The molecule has 2 rings (SSSR count). The lowest BCUT2D eigenvalue weighted by Gasteiger charge is -2.11. The molecule has 0 unspecified atom stereocenters. The van der Waals surface area contributed by atoms with E-state index in [2.05, 4.69) is 46.3 Å². The van der Waals surface area contributed by atoms with Gasteiger partial charge in [0.05, 0.1) is 23.0 Å². The van der Waals surface area contributed by atoms with Gasteiger partial charge in [0.1, 0.15) is 0 Å². The first-order valence-corrected chi connectivity index (χ1v) is 7.42. The lowest BCUT2D eigenvalue weighted by Crippen LogP contribution is -2.08. The monoisotopic (exact) mass is 341 g/mol. The van der Waals surface area contributed by atoms with Crippen molar-refractivity contribution in [2.24, 2.45) is 0 Å². The minimum Gasteiger partial charge on any atom is -0.378 e. The second-order valence-corrected chi connectivity index (χ2v) is 5.62. The first kappa shape index (κ1) is 14.4. The average molecular weight is 343 g/mol. The van der Waals surface area contributed by atoms with Gasteiger partial charge in [-0.1, -0.05) is 23.7 Å². The van der Waals surface area contributed by atoms with Gasteiger partial charge in [-0.05, 0) is 48.3 Å². The van der Waals surface area contributed by atoms with E-state index in [4.69, 9.17) is 11.6 Å². The summed E-state index contributed by atoms with van der Waals surface area (Å²) in [5.74, 6) is 0. The molecule has 1 N–H and O–H groups in total. The number of benzene rings is 1. The van der Waals surface area contributed by atoms with Crippen molar-refractivity contribution in [2.75, 3.05) is 5.32 Å². The highest BCUT2D eigenvalue weighted by Crippen LogP contribution is 2.27. The maximum atomic E-state index is 6.29. The van der Waals surface area contributed by atoms with Gasteiger partial charge in [0.25, 0.3) is 0 Å². The summed E-state index contributed by atoms with van der Waals surface area (Å²) >= 11 is 9.89. The molecule has 0 aliphatic heterocycles. The number of aromatic nitrogens is 2. The predicted octanol–water partition coefficient (Wildman–Crippen LogP) is 4.55. The van der Waals surface area contributed by atoms with Crippen LogP contribution in [0.15, 0.2) is 22.7 Å². The Balaban J connectivity index is 2.21. The van der Waals surface area contributed by atoms with Crippen molar-refractivity contribution in [1.82, 2.24) is 9.78 Å². The molecular weight excluding hydrogens is 326 g/mol. The van der Waals surface area contributed by atoms with Crippen LogP contribution in [0.25, 0.3) is 0 Å². The van der Waals surface area contributed by atoms with Crippen molar-refractivity contribution in [3.8, 4) is 0 Å². The van der Waals surface area contributed by atoms with Crippen LogP contribution in [0.2, 0.25) is 5.02 Å². The fourth-order valence-electron chi connectivity index (χ4n) is 2.00. The summed E-state index contributed by atoms with van der Waals surface area (Å²) in [4.78, 5) is 0. The number of nitrogens with one attached hydrogen (secondary N) is 1. The first-order chi connectivity index (χ1) is 9.04. The Morgan fingerprint density at radius 2 is 2.11 bits per heavy atom. The van der Waals surface area contributed by atoms with Crippen LogP contribution in [-0.2, 0) is 13.1 Å². The van der Waals surface area contributed by atoms with Crippen LogP contribution in [-0.4, -0.2) is 9.78 Å². The molecule has 0 saturated heterocycles. The molecule has 2 aromatic rings. The van der Waals surface area contributed by atoms with Crippen molar-refractivity contribution >= 4 is 33.2 Å². The summed E-state index contributed by atoms with van der Waals surface area (Å²) in [5.41, 5.74) is 4.17. The molecule has 19 heavy (non-hydrogen) atoms. The molecule has 0 saturated carbocycles. The minimum atomic E-state index is 0.662. The molecule has 0 bridgehead atoms. The normalized spacial score (nSPS) is 10.8. The van der Waals surface area contributed by atoms with Gasteiger partial charge in [0, 0.05) is 16.7 Å². The van der Waals surface area contributed by atoms with Gasteiger partial charge in [-0.2, -0.15) is 5.10 Å². The highest BCUT2D eigenvalue weighted by molar-refractivity contribution is 9.10. The highest BCUT2D eigenvalue weighted by Gasteiger charge is 2.12. The molecule has 0 fully saturated rings. The molecule has 0 atom stereocenters. The average Bonchev–Trinajstić information content (AvgIpc) is 2.67. The predicted molar refractivity (Wildman–Crippen MR) is 83.9 cm³/mol. The third-order valence-corrected chi connectivity index (χ3v) is 4.64. The molecule has 0 spiro atoms. The number of aryl methyl sites for hydroxylation is 3. The van der Waals surface area contributed by atoms with E-state index in [1.807, 2.05) is 23.7 Å². The third kappa shape index (κ3) is 2.95. The zero-order valence-corrected chi connectivity index (χ0v) is 13.6. The number of hydrogen-bond acceptors (Lipinski definition) is 2. The van der Waals surface area contributed by atoms with Gasteiger partial charge in [-0.3, -0.25) is 4.68 Å². The first-order valence-electron chi connectivity index (χ1n) is 6.25. The van der Waals surface area contributed by atoms with Crippen LogP contribution in [0.5, 0.6) is 0 Å². The molecule has 1 heterocycles. The zero-order chi connectivity index (χ0) is 14.0. The van der Waals surface area contributed by atoms with Crippen LogP contribution < -0.4 is 5.32 Å². The van der Waals surface area contributed by atoms with E-state index >= 15 is 0 Å². The van der Waals surface area contributed by atoms with Crippen molar-refractivity contribution in [3.63, 3.8) is 0 Å². The third-order valence-electron chi connectivity index (χ3n) is 3.09. The maximum absolute atomic E-state index is 6.29. The summed E-state index contributed by atoms with van der Waals surface area (Å²) in [6, 6.07) is 6.15. The van der Waals surface area contributed by atoms with Crippen LogP contribution in [0.3, 0.4) is 0 Å². The standard InChI is InChI=1S/C14H17BrClN3/c1-4-19-12(14(16)10(3)18-19)8-17-11-7-5-6-9(2)13(11)15/h5-7,17H,4,8H2,1-3H3. The molecule has 0 aliphatic rings. The van der Waals surface area contributed by atoms with Gasteiger partial charge in [-0.15, -0.1) is 0 Å². The van der Waals surface area contributed by atoms with E-state index in [0.717, 1.165) is 33.1 Å². The molecule has 0 radical (unpaired) electrons. The largest absolute Gasteiger partial charge is 0.378 e. The van der Waals surface area contributed by atoms with E-state index in [-0.39, 0.29) is 0 Å². The SMILES string of the molecule is CCn1nc(C)c(Cl)c1CNc1cccc(C)c1Br. The molecule has 0 amide bonds. The quantitative estimate of drug-likeness (QED) is 0.883. The van der Waals surface area contributed by atoms with E-state index in [1.165, 1.54) is 5.56 Å². The second-order valence-electron chi connectivity index (χ2n) is 4.45. The molecule has 1 aromatic carbocycles. The van der Waals surface area contributed by atoms with E-state index in [9.17, 15) is 0 Å². The highest BCUT2D eigenvalue weighted by atomic mass is 79.9. The number of rotatable bonds is 4. The molecule has 5 heteroatoms. The van der Waals surface area contributed by atoms with Crippen molar-refractivity contribution in [3.05, 3.63) is 44.6 Å². The van der Waals surface area contributed by atoms with Crippen LogP contribution >= 0.6 is 27.5 Å². The Hall–Kier alpha value is -1.000. The smallest absolute Gasteiger partial charge is 0.0865 e. The van der Waals surface area contributed by atoms with Gasteiger partial charge < -0.3 is 5.32 Å². The van der Waals surface area contributed by atoms with E-state index < -0.39 is 0 Å². The maximum Gasteiger partial charge on any atom is 0.0865 e. The van der Waals surface area contributed by atoms with Crippen molar-refractivity contribution < 1.29 is 0 Å². The van der Waals surface area contributed by atoms with Crippen LogP contribution in [0, 0.1) is 13.8 Å². The summed E-state index contributed by atoms with van der Waals surface area (Å²) in [6.07, 6.45) is 0. The number of nitrogens with zero attached hydrogens (tertiary/aromatic N) is 2. The van der Waals surface area contributed by atoms with Crippen molar-refractivity contribution in [1.29, 1.82) is 0 Å². The number of anilines is 1. The Morgan fingerprint density at radius 3 is 2.79 bits per heavy atom. The summed E-state index contributed by atoms with van der Waals surface area (Å²) in [6.45, 7) is 7.55. The Kier molecular flexibility index (Phi) is 4.53. The molecule has 102 valence electrons. The van der Waals surface area contributed by atoms with Crippen molar-refractivity contribution in [2.45, 2.75) is 33.9 Å².